The molecule has 5 aromatic heterocycles. The third kappa shape index (κ3) is 19.1. The Hall–Kier alpha value is -4.44. The predicted molar refractivity (Wildman–Crippen MR) is 133 cm³/mol. The van der Waals surface area contributed by atoms with Gasteiger partial charge < -0.3 is 0 Å². The molecule has 0 aliphatic carbocycles. The monoisotopic (exact) mass is 505 g/mol. The van der Waals surface area contributed by atoms with Gasteiger partial charge in [0.25, 0.3) is 0 Å². The van der Waals surface area contributed by atoms with Crippen molar-refractivity contribution in [1.82, 2.24) is 85.4 Å². The first-order valence-corrected chi connectivity index (χ1v) is 11.1. The highest BCUT2D eigenvalue weighted by Gasteiger charge is 1.87. The Labute approximate surface area is 211 Å². The second-order valence-electron chi connectivity index (χ2n) is 5.91. The van der Waals surface area contributed by atoms with Gasteiger partial charge >= 0.3 is 0 Å². The van der Waals surface area contributed by atoms with E-state index in [0.29, 0.717) is 5.82 Å². The Morgan fingerprint density at radius 2 is 0.972 bits per heavy atom. The molecule has 0 atom stereocenters. The zero-order valence-corrected chi connectivity index (χ0v) is 23.1. The van der Waals surface area contributed by atoms with Crippen molar-refractivity contribution in [2.45, 2.75) is 41.5 Å². The van der Waals surface area contributed by atoms with E-state index in [0.717, 1.165) is 5.82 Å². The van der Waals surface area contributed by atoms with E-state index in [1.165, 1.54) is 4.80 Å². The summed E-state index contributed by atoms with van der Waals surface area (Å²) in [5.41, 5.74) is 0. The lowest BCUT2D eigenvalue weighted by Gasteiger charge is -1.81. The molecule has 0 unspecified atom stereocenters. The van der Waals surface area contributed by atoms with Gasteiger partial charge in [0.05, 0.1) is 25.6 Å². The van der Waals surface area contributed by atoms with Crippen molar-refractivity contribution >= 4 is 0 Å². The molecule has 5 aromatic rings. The third-order valence-electron chi connectivity index (χ3n) is 3.07. The minimum absolute atomic E-state index is 0.711. The quantitative estimate of drug-likeness (QED) is 0.285. The fourth-order valence-electron chi connectivity index (χ4n) is 1.46. The van der Waals surface area contributed by atoms with Gasteiger partial charge in [-0.15, -0.1) is 30.6 Å². The van der Waals surface area contributed by atoms with Gasteiger partial charge in [0.2, 0.25) is 0 Å². The van der Waals surface area contributed by atoms with Crippen molar-refractivity contribution in [3.05, 3.63) is 48.8 Å². The topological polar surface area (TPSA) is 179 Å². The molecular formula is C19H39N17. The Morgan fingerprint density at radius 3 is 1.06 bits per heavy atom. The van der Waals surface area contributed by atoms with Gasteiger partial charge in [0.1, 0.15) is 5.82 Å². The number of nitrogens with zero attached hydrogens (tertiary/aromatic N) is 17. The number of aryl methyl sites for hydroxylation is 7. The molecule has 0 aliphatic rings. The summed E-state index contributed by atoms with van der Waals surface area (Å²) < 4.78 is 6.53. The summed E-state index contributed by atoms with van der Waals surface area (Å²) in [6.07, 6.45) is 10.2. The SMILES string of the molecule is CC.CC.Cc1nnn(C)n1.Cc1nnnn1C.Cn1ccnn1.Cn1ccnn1.Cn1ccnn1. The van der Waals surface area contributed by atoms with Crippen molar-refractivity contribution in [3.63, 3.8) is 0 Å². The van der Waals surface area contributed by atoms with Gasteiger partial charge in [-0.1, -0.05) is 43.3 Å². The molecule has 0 aliphatic heterocycles. The fourth-order valence-corrected chi connectivity index (χ4v) is 1.46. The molecule has 0 radical (unpaired) electrons. The number of tetrazole rings is 2. The molecule has 0 spiro atoms. The molecule has 0 aromatic carbocycles. The molecule has 36 heavy (non-hydrogen) atoms. The number of hydrogen-bond donors (Lipinski definition) is 0. The maximum atomic E-state index is 3.81. The highest BCUT2D eigenvalue weighted by Crippen LogP contribution is 1.78. The Balaban J connectivity index is 0. The summed E-state index contributed by atoms with van der Waals surface area (Å²) in [4.78, 5) is 1.43. The molecular weight excluding hydrogens is 466 g/mol. The minimum atomic E-state index is 0.711. The van der Waals surface area contributed by atoms with E-state index >= 15 is 0 Å². The molecule has 5 rings (SSSR count). The molecule has 0 amide bonds. The predicted octanol–water partition coefficient (Wildman–Crippen LogP) is 0.535. The first-order chi connectivity index (χ1) is 17.3. The summed E-state index contributed by atoms with van der Waals surface area (Å²) >= 11 is 0. The van der Waals surface area contributed by atoms with Gasteiger partial charge in [0, 0.05) is 46.8 Å². The largest absolute Gasteiger partial charge is 0.256 e. The van der Waals surface area contributed by atoms with Crippen molar-refractivity contribution in [3.8, 4) is 0 Å². The van der Waals surface area contributed by atoms with Gasteiger partial charge in [-0.3, -0.25) is 14.0 Å². The Bertz CT molecular complexity index is 936. The van der Waals surface area contributed by atoms with Crippen LogP contribution >= 0.6 is 0 Å². The van der Waals surface area contributed by atoms with Crippen LogP contribution in [0.15, 0.2) is 37.2 Å². The van der Waals surface area contributed by atoms with Gasteiger partial charge in [-0.25, -0.2) is 4.68 Å². The molecule has 0 fully saturated rings. The van der Waals surface area contributed by atoms with Crippen molar-refractivity contribution in [2.24, 2.45) is 35.2 Å². The highest BCUT2D eigenvalue weighted by atomic mass is 15.6. The van der Waals surface area contributed by atoms with Crippen LogP contribution in [0.3, 0.4) is 0 Å². The van der Waals surface area contributed by atoms with E-state index in [1.54, 1.807) is 76.9 Å². The van der Waals surface area contributed by atoms with Gasteiger partial charge in [-0.05, 0) is 29.5 Å². The molecule has 17 nitrogen and oxygen atoms in total. The van der Waals surface area contributed by atoms with E-state index < -0.39 is 0 Å². The summed E-state index contributed by atoms with van der Waals surface area (Å²) in [6.45, 7) is 11.6. The second-order valence-corrected chi connectivity index (χ2v) is 5.91. The molecule has 0 bridgehead atoms. The summed E-state index contributed by atoms with van der Waals surface area (Å²) in [6, 6.07) is 0. The van der Waals surface area contributed by atoms with Crippen molar-refractivity contribution < 1.29 is 0 Å². The van der Waals surface area contributed by atoms with E-state index in [4.69, 9.17) is 0 Å². The zero-order chi connectivity index (χ0) is 27.8. The molecule has 0 saturated heterocycles. The maximum absolute atomic E-state index is 3.81. The van der Waals surface area contributed by atoms with Crippen LogP contribution in [-0.4, -0.2) is 85.4 Å². The summed E-state index contributed by atoms with van der Waals surface area (Å²) in [5, 5.41) is 42.9. The van der Waals surface area contributed by atoms with Crippen LogP contribution in [0.4, 0.5) is 0 Å². The normalized spacial score (nSPS) is 8.42. The van der Waals surface area contributed by atoms with Crippen LogP contribution in [0.1, 0.15) is 39.3 Å². The van der Waals surface area contributed by atoms with Crippen LogP contribution in [0, 0.1) is 13.8 Å². The summed E-state index contributed by atoms with van der Waals surface area (Å²) in [7, 11) is 9.02. The van der Waals surface area contributed by atoms with Crippen LogP contribution in [0.25, 0.3) is 0 Å². The molecule has 200 valence electrons. The lowest BCUT2D eigenvalue weighted by atomic mass is 10.7. The first kappa shape index (κ1) is 33.7. The fraction of sp³-hybridized carbons (Fsp3) is 0.579. The zero-order valence-electron chi connectivity index (χ0n) is 23.1. The van der Waals surface area contributed by atoms with E-state index in [-0.39, 0.29) is 0 Å². The lowest BCUT2D eigenvalue weighted by molar-refractivity contribution is 0.629. The van der Waals surface area contributed by atoms with Crippen LogP contribution in [0.2, 0.25) is 0 Å². The van der Waals surface area contributed by atoms with Crippen molar-refractivity contribution in [1.29, 1.82) is 0 Å². The average Bonchev–Trinajstić information content (AvgIpc) is 3.72. The number of hydrogen-bond acceptors (Lipinski definition) is 12. The van der Waals surface area contributed by atoms with Crippen LogP contribution in [0.5, 0.6) is 0 Å². The van der Waals surface area contributed by atoms with E-state index in [2.05, 4.69) is 61.9 Å². The lowest BCUT2D eigenvalue weighted by Crippen LogP contribution is -1.92. The number of aromatic nitrogens is 17. The van der Waals surface area contributed by atoms with Crippen LogP contribution < -0.4 is 0 Å². The molecule has 0 saturated carbocycles. The van der Waals surface area contributed by atoms with Crippen molar-refractivity contribution in [2.75, 3.05) is 0 Å². The highest BCUT2D eigenvalue weighted by molar-refractivity contribution is 4.69. The van der Waals surface area contributed by atoms with Crippen LogP contribution in [-0.2, 0) is 35.2 Å². The number of rotatable bonds is 0. The Kier molecular flexibility index (Phi) is 20.9. The summed E-state index contributed by atoms with van der Waals surface area (Å²) in [5.74, 6) is 1.54. The van der Waals surface area contributed by atoms with E-state index in [9.17, 15) is 0 Å². The second kappa shape index (κ2) is 22.4. The smallest absolute Gasteiger partial charge is 0.171 e. The van der Waals surface area contributed by atoms with Gasteiger partial charge in [0.15, 0.2) is 5.82 Å². The van der Waals surface area contributed by atoms with E-state index in [1.807, 2.05) is 55.8 Å². The third-order valence-corrected chi connectivity index (χ3v) is 3.07. The molecule has 17 heteroatoms. The maximum Gasteiger partial charge on any atom is 0.171 e. The molecule has 0 N–H and O–H groups in total. The minimum Gasteiger partial charge on any atom is -0.256 e. The van der Waals surface area contributed by atoms with Gasteiger partial charge in [-0.2, -0.15) is 4.80 Å². The molecule has 5 heterocycles. The Morgan fingerprint density at radius 1 is 0.556 bits per heavy atom. The first-order valence-electron chi connectivity index (χ1n) is 11.1. The average molecular weight is 506 g/mol. The standard InChI is InChI=1S/2C3H6N4.3C3H5N3.2C2H6/c1-3-4-5-6-7(3)2;1-3-4-6-7(2)5-3;3*1-6-3-2-4-5-6;2*1-2/h2*1-2H3;3*2-3H,1H3;2*1-2H3.